The molecule has 0 aromatic heterocycles. The van der Waals surface area contributed by atoms with Crippen LogP contribution in [0.1, 0.15) is 0 Å². The zero-order valence-corrected chi connectivity index (χ0v) is 6.70. The van der Waals surface area contributed by atoms with Crippen LogP contribution in [0.25, 0.3) is 0 Å². The van der Waals surface area contributed by atoms with E-state index >= 15 is 0 Å². The summed E-state index contributed by atoms with van der Waals surface area (Å²) in [4.78, 5) is 20.7. The Bertz CT molecular complexity index is 238. The Kier molecular flexibility index (Phi) is 2.94. The van der Waals surface area contributed by atoms with E-state index in [0.717, 1.165) is 5.30 Å². The molecule has 0 aliphatic heterocycles. The fourth-order valence-corrected chi connectivity index (χ4v) is 1.56. The predicted octanol–water partition coefficient (Wildman–Crippen LogP) is 1.17. The smallest absolute Gasteiger partial charge is 0.153 e. The van der Waals surface area contributed by atoms with Crippen LogP contribution in [0.5, 0.6) is 0 Å². The van der Waals surface area contributed by atoms with Crippen LogP contribution in [0.4, 0.5) is 0 Å². The summed E-state index contributed by atoms with van der Waals surface area (Å²) in [6.07, 6.45) is 0. The third kappa shape index (κ3) is 1.95. The van der Waals surface area contributed by atoms with Crippen molar-refractivity contribution in [2.45, 2.75) is 0 Å². The third-order valence-electron chi connectivity index (χ3n) is 1.28. The van der Waals surface area contributed by atoms with Crippen molar-refractivity contribution in [3.63, 3.8) is 0 Å². The van der Waals surface area contributed by atoms with Gasteiger partial charge in [-0.1, -0.05) is 30.3 Å². The van der Waals surface area contributed by atoms with Gasteiger partial charge in [0.25, 0.3) is 0 Å². The van der Waals surface area contributed by atoms with Gasteiger partial charge < -0.3 is 0 Å². The van der Waals surface area contributed by atoms with Crippen molar-refractivity contribution >= 4 is 25.3 Å². The summed E-state index contributed by atoms with van der Waals surface area (Å²) >= 11 is 0. The second kappa shape index (κ2) is 3.99. The lowest BCUT2D eigenvalue weighted by molar-refractivity contribution is 0.566. The van der Waals surface area contributed by atoms with Crippen molar-refractivity contribution in [3.05, 3.63) is 30.3 Å². The van der Waals surface area contributed by atoms with E-state index in [1.165, 1.54) is 0 Å². The molecule has 1 rings (SSSR count). The first kappa shape index (κ1) is 8.09. The molecule has 0 saturated heterocycles. The third-order valence-corrected chi connectivity index (χ3v) is 2.63. The molecule has 0 bridgehead atoms. The minimum absolute atomic E-state index is 0.706. The van der Waals surface area contributed by atoms with Crippen molar-refractivity contribution in [2.24, 2.45) is 0 Å². The second-order valence-electron chi connectivity index (χ2n) is 1.95. The van der Waals surface area contributed by atoms with Gasteiger partial charge in [-0.15, -0.1) is 0 Å². The topological polar surface area (TPSA) is 34.1 Å². The molecule has 2 nitrogen and oxygen atoms in total. The lowest BCUT2D eigenvalue weighted by Gasteiger charge is -1.99. The fraction of sp³-hybridized carbons (Fsp3) is 0. The van der Waals surface area contributed by atoms with E-state index in [2.05, 4.69) is 0 Å². The average Bonchev–Trinajstić information content (AvgIpc) is 2.09. The molecule has 0 spiro atoms. The summed E-state index contributed by atoms with van der Waals surface area (Å²) in [6.45, 7) is 0. The van der Waals surface area contributed by atoms with Gasteiger partial charge in [-0.25, -0.2) is 0 Å². The number of hydrogen-bond donors (Lipinski definition) is 0. The maximum Gasteiger partial charge on any atom is 0.153 e. The zero-order valence-electron chi connectivity index (χ0n) is 5.81. The summed E-state index contributed by atoms with van der Waals surface area (Å²) in [5, 5.41) is 0.813. The van der Waals surface area contributed by atoms with Crippen LogP contribution in [0, 0.1) is 0 Å². The highest BCUT2D eigenvalue weighted by atomic mass is 31.1. The van der Waals surface area contributed by atoms with Crippen LogP contribution in [0.3, 0.4) is 0 Å². The predicted molar refractivity (Wildman–Crippen MR) is 46.5 cm³/mol. The van der Waals surface area contributed by atoms with Crippen molar-refractivity contribution in [2.75, 3.05) is 0 Å². The highest BCUT2D eigenvalue weighted by Gasteiger charge is 2.05. The summed E-state index contributed by atoms with van der Waals surface area (Å²) in [7, 11) is -1.21. The monoisotopic (exact) mass is 166 g/mol. The molecule has 11 heavy (non-hydrogen) atoms. The van der Waals surface area contributed by atoms with Gasteiger partial charge >= 0.3 is 0 Å². The molecule has 0 amide bonds. The van der Waals surface area contributed by atoms with E-state index in [1.807, 2.05) is 18.2 Å². The molecule has 0 aliphatic rings. The molecule has 0 atom stereocenters. The largest absolute Gasteiger partial charge is 0.297 e. The van der Waals surface area contributed by atoms with E-state index in [-0.39, 0.29) is 0 Å². The van der Waals surface area contributed by atoms with Crippen LogP contribution in [0.2, 0.25) is 0 Å². The van der Waals surface area contributed by atoms with E-state index in [1.54, 1.807) is 12.1 Å². The molecule has 0 N–H and O–H groups in total. The molecule has 3 heteroatoms. The SMILES string of the molecule is O=CP(C=O)c1ccccc1. The van der Waals surface area contributed by atoms with Gasteiger partial charge in [0.2, 0.25) is 0 Å². The maximum atomic E-state index is 10.3. The Morgan fingerprint density at radius 2 is 1.55 bits per heavy atom. The molecule has 0 saturated carbocycles. The van der Waals surface area contributed by atoms with Crippen molar-refractivity contribution < 1.29 is 9.59 Å². The molecule has 1 aromatic rings. The Morgan fingerprint density at radius 3 is 2.00 bits per heavy atom. The van der Waals surface area contributed by atoms with Gasteiger partial charge in [-0.3, -0.25) is 9.59 Å². The highest BCUT2D eigenvalue weighted by molar-refractivity contribution is 7.91. The number of rotatable bonds is 3. The van der Waals surface area contributed by atoms with E-state index in [0.29, 0.717) is 12.1 Å². The second-order valence-corrected chi connectivity index (χ2v) is 3.71. The Hall–Kier alpha value is -1.01. The number of benzene rings is 1. The molecule has 0 fully saturated rings. The molecular formula is C8H7O2P. The molecule has 0 aliphatic carbocycles. The minimum Gasteiger partial charge on any atom is -0.297 e. The molecule has 1 aromatic carbocycles. The van der Waals surface area contributed by atoms with Crippen LogP contribution in [-0.4, -0.2) is 12.1 Å². The summed E-state index contributed by atoms with van der Waals surface area (Å²) < 4.78 is 0. The lowest BCUT2D eigenvalue weighted by atomic mass is 10.4. The maximum absolute atomic E-state index is 10.3. The molecule has 0 radical (unpaired) electrons. The fourth-order valence-electron chi connectivity index (χ4n) is 0.747. The van der Waals surface area contributed by atoms with Crippen LogP contribution < -0.4 is 5.30 Å². The van der Waals surface area contributed by atoms with Crippen LogP contribution >= 0.6 is 7.92 Å². The van der Waals surface area contributed by atoms with E-state index < -0.39 is 7.92 Å². The van der Waals surface area contributed by atoms with Crippen molar-refractivity contribution in [3.8, 4) is 0 Å². The average molecular weight is 166 g/mol. The van der Waals surface area contributed by atoms with E-state index in [9.17, 15) is 9.59 Å². The molecular weight excluding hydrogens is 159 g/mol. The molecule has 0 unspecified atom stereocenters. The van der Waals surface area contributed by atoms with Gasteiger partial charge in [0.15, 0.2) is 12.1 Å². The summed E-state index contributed by atoms with van der Waals surface area (Å²) in [6, 6.07) is 10.5. The Balaban J connectivity index is 2.90. The van der Waals surface area contributed by atoms with Gasteiger partial charge in [-0.05, 0) is 5.30 Å². The standard InChI is InChI=1S/C8H7O2P/c9-6-11(7-10)8-4-2-1-3-5-8/h1-7H. The number of hydrogen-bond acceptors (Lipinski definition) is 2. The van der Waals surface area contributed by atoms with E-state index in [4.69, 9.17) is 0 Å². The van der Waals surface area contributed by atoms with Crippen molar-refractivity contribution in [1.82, 2.24) is 0 Å². The zero-order chi connectivity index (χ0) is 8.10. The number of carbonyl (C=O) groups is 2. The minimum atomic E-state index is -1.21. The quantitative estimate of drug-likeness (QED) is 0.499. The molecule has 0 heterocycles. The first-order valence-corrected chi connectivity index (χ1v) is 4.60. The Labute approximate surface area is 66.0 Å². The normalized spacial score (nSPS) is 9.55. The first-order chi connectivity index (χ1) is 5.38. The lowest BCUT2D eigenvalue weighted by Crippen LogP contribution is -1.99. The van der Waals surface area contributed by atoms with Gasteiger partial charge in [-0.2, -0.15) is 0 Å². The molecule has 56 valence electrons. The highest BCUT2D eigenvalue weighted by Crippen LogP contribution is 2.24. The Morgan fingerprint density at radius 1 is 1.00 bits per heavy atom. The number of carbonyl (C=O) groups excluding carboxylic acids is 2. The first-order valence-electron chi connectivity index (χ1n) is 3.12. The van der Waals surface area contributed by atoms with Crippen LogP contribution in [-0.2, 0) is 9.59 Å². The summed E-state index contributed by atoms with van der Waals surface area (Å²) in [5.74, 6) is 0. The van der Waals surface area contributed by atoms with Crippen molar-refractivity contribution in [1.29, 1.82) is 0 Å². The van der Waals surface area contributed by atoms with Gasteiger partial charge in [0.05, 0.1) is 7.92 Å². The van der Waals surface area contributed by atoms with Gasteiger partial charge in [0.1, 0.15) is 0 Å². The van der Waals surface area contributed by atoms with Crippen LogP contribution in [0.15, 0.2) is 30.3 Å². The summed E-state index contributed by atoms with van der Waals surface area (Å²) in [5.41, 5.74) is 0. The van der Waals surface area contributed by atoms with Gasteiger partial charge in [0, 0.05) is 0 Å².